The Morgan fingerprint density at radius 3 is 2.62 bits per heavy atom. The fraction of sp³-hybridized carbons (Fsp3) is 0.353. The van der Waals surface area contributed by atoms with Gasteiger partial charge in [0.25, 0.3) is 5.91 Å². The molecule has 0 radical (unpaired) electrons. The summed E-state index contributed by atoms with van der Waals surface area (Å²) < 4.78 is 0. The van der Waals surface area contributed by atoms with Gasteiger partial charge in [0.2, 0.25) is 5.91 Å². The number of amides is 2. The SMILES string of the molecule is CC(=O)N1CCN(Cc2ccccc2NC(=O)c2cscn2)CC1. The van der Waals surface area contributed by atoms with E-state index in [2.05, 4.69) is 15.2 Å². The summed E-state index contributed by atoms with van der Waals surface area (Å²) >= 11 is 1.40. The monoisotopic (exact) mass is 344 g/mol. The topological polar surface area (TPSA) is 65.5 Å². The number of anilines is 1. The van der Waals surface area contributed by atoms with E-state index in [1.807, 2.05) is 29.2 Å². The number of aromatic nitrogens is 1. The highest BCUT2D eigenvalue weighted by Gasteiger charge is 2.19. The third-order valence-corrected chi connectivity index (χ3v) is 4.73. The smallest absolute Gasteiger partial charge is 0.275 e. The van der Waals surface area contributed by atoms with Gasteiger partial charge in [-0.25, -0.2) is 4.98 Å². The van der Waals surface area contributed by atoms with Gasteiger partial charge in [-0.05, 0) is 11.6 Å². The second-order valence-corrected chi connectivity index (χ2v) is 6.49. The van der Waals surface area contributed by atoms with Gasteiger partial charge in [-0.15, -0.1) is 11.3 Å². The number of carbonyl (C=O) groups is 2. The summed E-state index contributed by atoms with van der Waals surface area (Å²) in [6.45, 7) is 5.55. The molecule has 1 fully saturated rings. The molecular formula is C17H20N4O2S. The van der Waals surface area contributed by atoms with Crippen molar-refractivity contribution in [3.05, 3.63) is 46.4 Å². The molecule has 6 nitrogen and oxygen atoms in total. The van der Waals surface area contributed by atoms with E-state index in [9.17, 15) is 9.59 Å². The summed E-state index contributed by atoms with van der Waals surface area (Å²) in [5, 5.41) is 4.68. The molecule has 1 aliphatic heterocycles. The van der Waals surface area contributed by atoms with E-state index < -0.39 is 0 Å². The predicted octanol–water partition coefficient (Wildman–Crippen LogP) is 2.06. The number of hydrogen-bond acceptors (Lipinski definition) is 5. The van der Waals surface area contributed by atoms with E-state index >= 15 is 0 Å². The van der Waals surface area contributed by atoms with Gasteiger partial charge in [0.05, 0.1) is 5.51 Å². The summed E-state index contributed by atoms with van der Waals surface area (Å²) in [4.78, 5) is 31.8. The number of nitrogens with one attached hydrogen (secondary N) is 1. The normalized spacial score (nSPS) is 15.3. The van der Waals surface area contributed by atoms with Gasteiger partial charge in [0.1, 0.15) is 5.69 Å². The number of para-hydroxylation sites is 1. The van der Waals surface area contributed by atoms with E-state index in [4.69, 9.17) is 0 Å². The fourth-order valence-corrected chi connectivity index (χ4v) is 3.28. The molecule has 0 aliphatic carbocycles. The van der Waals surface area contributed by atoms with Gasteiger partial charge in [-0.1, -0.05) is 18.2 Å². The van der Waals surface area contributed by atoms with Crippen LogP contribution in [-0.2, 0) is 11.3 Å². The Labute approximate surface area is 145 Å². The van der Waals surface area contributed by atoms with E-state index in [1.165, 1.54) is 11.3 Å². The molecule has 126 valence electrons. The lowest BCUT2D eigenvalue weighted by Crippen LogP contribution is -2.47. The average Bonchev–Trinajstić information content (AvgIpc) is 3.12. The summed E-state index contributed by atoms with van der Waals surface area (Å²) in [6, 6.07) is 7.81. The Balaban J connectivity index is 1.64. The van der Waals surface area contributed by atoms with Crippen molar-refractivity contribution in [1.29, 1.82) is 0 Å². The van der Waals surface area contributed by atoms with Crippen LogP contribution < -0.4 is 5.32 Å². The molecule has 0 bridgehead atoms. The number of carbonyl (C=O) groups excluding carboxylic acids is 2. The van der Waals surface area contributed by atoms with Gasteiger partial charge >= 0.3 is 0 Å². The molecule has 1 saturated heterocycles. The number of benzene rings is 1. The molecule has 0 unspecified atom stereocenters. The highest BCUT2D eigenvalue weighted by molar-refractivity contribution is 7.07. The summed E-state index contributed by atoms with van der Waals surface area (Å²) in [5.41, 5.74) is 3.96. The number of nitrogens with zero attached hydrogens (tertiary/aromatic N) is 3. The van der Waals surface area contributed by atoms with Gasteiger partial charge in [-0.3, -0.25) is 14.5 Å². The van der Waals surface area contributed by atoms with Crippen LogP contribution in [0.15, 0.2) is 35.2 Å². The van der Waals surface area contributed by atoms with E-state index in [0.29, 0.717) is 5.69 Å². The molecule has 1 aliphatic rings. The van der Waals surface area contributed by atoms with Crippen LogP contribution in [0, 0.1) is 0 Å². The molecular weight excluding hydrogens is 324 g/mol. The van der Waals surface area contributed by atoms with Crippen LogP contribution in [0.4, 0.5) is 5.69 Å². The van der Waals surface area contributed by atoms with E-state index in [0.717, 1.165) is 44.0 Å². The van der Waals surface area contributed by atoms with E-state index in [1.54, 1.807) is 17.8 Å². The van der Waals surface area contributed by atoms with Crippen LogP contribution in [0.5, 0.6) is 0 Å². The van der Waals surface area contributed by atoms with Crippen LogP contribution in [0.25, 0.3) is 0 Å². The molecule has 1 N–H and O–H groups in total. The number of hydrogen-bond donors (Lipinski definition) is 1. The second kappa shape index (κ2) is 7.55. The third kappa shape index (κ3) is 3.98. The van der Waals surface area contributed by atoms with Crippen molar-refractivity contribution in [3.63, 3.8) is 0 Å². The maximum atomic E-state index is 12.2. The largest absolute Gasteiger partial charge is 0.340 e. The number of piperazine rings is 1. The van der Waals surface area contributed by atoms with Gasteiger partial charge in [-0.2, -0.15) is 0 Å². The minimum Gasteiger partial charge on any atom is -0.340 e. The maximum Gasteiger partial charge on any atom is 0.275 e. The number of thiazole rings is 1. The highest BCUT2D eigenvalue weighted by atomic mass is 32.1. The molecule has 0 spiro atoms. The van der Waals surface area contributed by atoms with Crippen molar-refractivity contribution in [2.45, 2.75) is 13.5 Å². The second-order valence-electron chi connectivity index (χ2n) is 5.77. The maximum absolute atomic E-state index is 12.2. The lowest BCUT2D eigenvalue weighted by molar-refractivity contribution is -0.130. The van der Waals surface area contributed by atoms with Crippen LogP contribution in [-0.4, -0.2) is 52.8 Å². The summed E-state index contributed by atoms with van der Waals surface area (Å²) in [7, 11) is 0. The molecule has 0 saturated carbocycles. The predicted molar refractivity (Wildman–Crippen MR) is 94.0 cm³/mol. The number of rotatable bonds is 4. The molecule has 24 heavy (non-hydrogen) atoms. The van der Waals surface area contributed by atoms with E-state index in [-0.39, 0.29) is 11.8 Å². The first-order chi connectivity index (χ1) is 11.6. The zero-order chi connectivity index (χ0) is 16.9. The third-order valence-electron chi connectivity index (χ3n) is 4.14. The molecule has 7 heteroatoms. The molecule has 1 aromatic heterocycles. The lowest BCUT2D eigenvalue weighted by Gasteiger charge is -2.34. The first-order valence-electron chi connectivity index (χ1n) is 7.89. The first kappa shape index (κ1) is 16.6. The molecule has 0 atom stereocenters. The molecule has 2 amide bonds. The molecule has 1 aromatic carbocycles. The zero-order valence-electron chi connectivity index (χ0n) is 13.6. The van der Waals surface area contributed by atoms with Gasteiger partial charge in [0.15, 0.2) is 0 Å². The zero-order valence-corrected chi connectivity index (χ0v) is 14.4. The average molecular weight is 344 g/mol. The fourth-order valence-electron chi connectivity index (χ4n) is 2.75. The van der Waals surface area contributed by atoms with Crippen LogP contribution in [0.2, 0.25) is 0 Å². The minimum atomic E-state index is -0.190. The van der Waals surface area contributed by atoms with Gasteiger partial charge in [0, 0.05) is 50.7 Å². The molecule has 2 heterocycles. The summed E-state index contributed by atoms with van der Waals surface area (Å²) in [5.74, 6) is -0.0596. The Morgan fingerprint density at radius 2 is 1.96 bits per heavy atom. The summed E-state index contributed by atoms with van der Waals surface area (Å²) in [6.07, 6.45) is 0. The van der Waals surface area contributed by atoms with Crippen molar-refractivity contribution < 1.29 is 9.59 Å². The molecule has 3 rings (SSSR count). The van der Waals surface area contributed by atoms with Crippen molar-refractivity contribution >= 4 is 28.8 Å². The van der Waals surface area contributed by atoms with Crippen molar-refractivity contribution in [2.75, 3.05) is 31.5 Å². The molecule has 2 aromatic rings. The van der Waals surface area contributed by atoms with Crippen LogP contribution >= 0.6 is 11.3 Å². The Kier molecular flexibility index (Phi) is 5.22. The Hall–Kier alpha value is -2.25. The first-order valence-corrected chi connectivity index (χ1v) is 8.83. The standard InChI is InChI=1S/C17H20N4O2S/c1-13(22)21-8-6-20(7-9-21)10-14-4-2-3-5-15(14)19-17(23)16-11-24-12-18-16/h2-5,11-12H,6-10H2,1H3,(H,19,23). The lowest BCUT2D eigenvalue weighted by atomic mass is 10.1. The quantitative estimate of drug-likeness (QED) is 0.922. The Morgan fingerprint density at radius 1 is 1.21 bits per heavy atom. The van der Waals surface area contributed by atoms with Gasteiger partial charge < -0.3 is 10.2 Å². The highest BCUT2D eigenvalue weighted by Crippen LogP contribution is 2.19. The van der Waals surface area contributed by atoms with Crippen LogP contribution in [0.1, 0.15) is 23.0 Å². The minimum absolute atomic E-state index is 0.130. The van der Waals surface area contributed by atoms with Crippen molar-refractivity contribution in [1.82, 2.24) is 14.8 Å². The van der Waals surface area contributed by atoms with Crippen molar-refractivity contribution in [3.8, 4) is 0 Å². The van der Waals surface area contributed by atoms with Crippen molar-refractivity contribution in [2.24, 2.45) is 0 Å². The Bertz CT molecular complexity index is 709. The van der Waals surface area contributed by atoms with Crippen LogP contribution in [0.3, 0.4) is 0 Å².